The van der Waals surface area contributed by atoms with Crippen molar-refractivity contribution in [3.05, 3.63) is 48.4 Å². The third kappa shape index (κ3) is 4.49. The first kappa shape index (κ1) is 18.9. The summed E-state index contributed by atoms with van der Waals surface area (Å²) < 4.78 is 5.19. The molecule has 0 saturated carbocycles. The van der Waals surface area contributed by atoms with Crippen LogP contribution >= 0.6 is 0 Å². The van der Waals surface area contributed by atoms with Crippen LogP contribution in [-0.2, 0) is 11.2 Å². The van der Waals surface area contributed by atoms with Gasteiger partial charge in [-0.15, -0.1) is 0 Å². The van der Waals surface area contributed by atoms with Crippen LogP contribution in [0.4, 0.5) is 11.5 Å². The van der Waals surface area contributed by atoms with Crippen LogP contribution in [0.2, 0.25) is 0 Å². The Kier molecular flexibility index (Phi) is 6.16. The van der Waals surface area contributed by atoms with Crippen molar-refractivity contribution in [3.8, 4) is 0 Å². The van der Waals surface area contributed by atoms with E-state index in [1.54, 1.807) is 13.4 Å². The molecule has 3 aromatic rings. The van der Waals surface area contributed by atoms with Crippen LogP contribution in [0.5, 0.6) is 0 Å². The fraction of sp³-hybridized carbons (Fsp3) is 0.429. The Bertz CT molecular complexity index is 887. The molecule has 28 heavy (non-hydrogen) atoms. The zero-order chi connectivity index (χ0) is 19.2. The predicted octanol–water partition coefficient (Wildman–Crippen LogP) is 2.51. The molecule has 7 heteroatoms. The van der Waals surface area contributed by atoms with Crippen molar-refractivity contribution in [2.24, 2.45) is 0 Å². The molecule has 2 N–H and O–H groups in total. The molecule has 1 fully saturated rings. The summed E-state index contributed by atoms with van der Waals surface area (Å²) in [6.07, 6.45) is 4.50. The molecular weight excluding hydrogens is 352 g/mol. The van der Waals surface area contributed by atoms with Gasteiger partial charge in [0.2, 0.25) is 0 Å². The number of methoxy groups -OCH3 is 1. The Balaban J connectivity index is 1.37. The van der Waals surface area contributed by atoms with Crippen LogP contribution in [-0.4, -0.2) is 77.7 Å². The summed E-state index contributed by atoms with van der Waals surface area (Å²) in [5.41, 5.74) is 3.27. The number of rotatable bonds is 8. The summed E-state index contributed by atoms with van der Waals surface area (Å²) in [5.74, 6) is 0.838. The number of ether oxygens (including phenoxy) is 1. The van der Waals surface area contributed by atoms with Gasteiger partial charge in [0.1, 0.15) is 17.8 Å². The normalized spacial score (nSPS) is 15.9. The molecule has 1 aromatic carbocycles. The second-order valence-electron chi connectivity index (χ2n) is 7.17. The summed E-state index contributed by atoms with van der Waals surface area (Å²) in [6.45, 7) is 7.40. The quantitative estimate of drug-likeness (QED) is 0.626. The summed E-state index contributed by atoms with van der Waals surface area (Å²) in [6, 6.07) is 10.5. The first-order chi connectivity index (χ1) is 13.8. The number of hydrogen-bond acceptors (Lipinski definition) is 6. The summed E-state index contributed by atoms with van der Waals surface area (Å²) >= 11 is 0. The maximum absolute atomic E-state index is 5.19. The van der Waals surface area contributed by atoms with E-state index in [1.165, 1.54) is 5.56 Å². The van der Waals surface area contributed by atoms with Gasteiger partial charge in [-0.3, -0.25) is 4.90 Å². The van der Waals surface area contributed by atoms with Crippen LogP contribution < -0.4 is 5.32 Å². The fourth-order valence-electron chi connectivity index (χ4n) is 3.70. The van der Waals surface area contributed by atoms with Crippen LogP contribution in [0.25, 0.3) is 11.0 Å². The lowest BCUT2D eigenvalue weighted by atomic mass is 10.1. The average molecular weight is 380 g/mol. The second kappa shape index (κ2) is 9.14. The highest BCUT2D eigenvalue weighted by Crippen LogP contribution is 2.25. The lowest BCUT2D eigenvalue weighted by Gasteiger charge is -2.34. The van der Waals surface area contributed by atoms with Crippen molar-refractivity contribution < 1.29 is 4.74 Å². The number of anilines is 2. The number of nitrogens with zero attached hydrogens (tertiary/aromatic N) is 4. The van der Waals surface area contributed by atoms with Crippen molar-refractivity contribution in [2.45, 2.75) is 6.42 Å². The van der Waals surface area contributed by atoms with Gasteiger partial charge in [0, 0.05) is 58.3 Å². The summed E-state index contributed by atoms with van der Waals surface area (Å²) in [5, 5.41) is 4.51. The van der Waals surface area contributed by atoms with Crippen molar-refractivity contribution in [2.75, 3.05) is 58.3 Å². The van der Waals surface area contributed by atoms with E-state index < -0.39 is 0 Å². The highest BCUT2D eigenvalue weighted by atomic mass is 16.5. The number of para-hydroxylation sites is 1. The molecule has 0 unspecified atom stereocenters. The van der Waals surface area contributed by atoms with Crippen molar-refractivity contribution >= 4 is 22.5 Å². The van der Waals surface area contributed by atoms with Gasteiger partial charge >= 0.3 is 0 Å². The number of hydrogen-bond donors (Lipinski definition) is 2. The maximum atomic E-state index is 5.19. The Labute approximate surface area is 165 Å². The Morgan fingerprint density at radius 3 is 2.64 bits per heavy atom. The van der Waals surface area contributed by atoms with E-state index in [9.17, 15) is 0 Å². The third-order valence-corrected chi connectivity index (χ3v) is 5.40. The highest BCUT2D eigenvalue weighted by Gasteiger charge is 2.16. The lowest BCUT2D eigenvalue weighted by Crippen LogP contribution is -2.47. The van der Waals surface area contributed by atoms with Gasteiger partial charge in [0.05, 0.1) is 12.0 Å². The minimum absolute atomic E-state index is 0.816. The first-order valence-corrected chi connectivity index (χ1v) is 9.90. The number of piperazine rings is 1. The second-order valence-corrected chi connectivity index (χ2v) is 7.17. The number of H-pyrrole nitrogens is 1. The molecule has 0 radical (unpaired) electrons. The first-order valence-electron chi connectivity index (χ1n) is 9.90. The molecule has 2 aromatic heterocycles. The van der Waals surface area contributed by atoms with Crippen molar-refractivity contribution in [1.29, 1.82) is 0 Å². The van der Waals surface area contributed by atoms with E-state index in [0.717, 1.165) is 74.8 Å². The molecule has 0 atom stereocenters. The van der Waals surface area contributed by atoms with E-state index in [1.807, 2.05) is 12.3 Å². The van der Waals surface area contributed by atoms with Gasteiger partial charge in [-0.1, -0.05) is 18.2 Å². The van der Waals surface area contributed by atoms with E-state index in [0.29, 0.717) is 0 Å². The molecule has 0 spiro atoms. The van der Waals surface area contributed by atoms with Gasteiger partial charge in [-0.25, -0.2) is 9.97 Å². The van der Waals surface area contributed by atoms with Crippen LogP contribution in [0.3, 0.4) is 0 Å². The molecule has 1 saturated heterocycles. The third-order valence-electron chi connectivity index (χ3n) is 5.40. The molecule has 3 heterocycles. The minimum atomic E-state index is 0.816. The van der Waals surface area contributed by atoms with Crippen molar-refractivity contribution in [1.82, 2.24) is 24.8 Å². The number of aromatic amines is 1. The van der Waals surface area contributed by atoms with E-state index in [4.69, 9.17) is 4.74 Å². The van der Waals surface area contributed by atoms with E-state index in [-0.39, 0.29) is 0 Å². The van der Waals surface area contributed by atoms with Gasteiger partial charge in [-0.2, -0.15) is 0 Å². The predicted molar refractivity (Wildman–Crippen MR) is 112 cm³/mol. The van der Waals surface area contributed by atoms with Crippen LogP contribution in [0.1, 0.15) is 5.56 Å². The van der Waals surface area contributed by atoms with Gasteiger partial charge < -0.3 is 19.9 Å². The van der Waals surface area contributed by atoms with E-state index in [2.05, 4.69) is 54.3 Å². The van der Waals surface area contributed by atoms with Crippen LogP contribution in [0, 0.1) is 0 Å². The van der Waals surface area contributed by atoms with Gasteiger partial charge in [-0.05, 0) is 24.1 Å². The smallest absolute Gasteiger partial charge is 0.143 e. The number of benzene rings is 1. The SMILES string of the molecule is COCCN1CCN(CCc2ccccc2Nc2ncnc3[nH]ccc23)CC1. The minimum Gasteiger partial charge on any atom is -0.383 e. The maximum Gasteiger partial charge on any atom is 0.143 e. The zero-order valence-corrected chi connectivity index (χ0v) is 16.4. The summed E-state index contributed by atoms with van der Waals surface area (Å²) in [4.78, 5) is 16.9. The van der Waals surface area contributed by atoms with E-state index >= 15 is 0 Å². The largest absolute Gasteiger partial charge is 0.383 e. The fourth-order valence-corrected chi connectivity index (χ4v) is 3.70. The molecule has 1 aliphatic heterocycles. The Morgan fingerprint density at radius 2 is 1.82 bits per heavy atom. The molecule has 0 aliphatic carbocycles. The van der Waals surface area contributed by atoms with Gasteiger partial charge in [0.25, 0.3) is 0 Å². The zero-order valence-electron chi connectivity index (χ0n) is 16.4. The Morgan fingerprint density at radius 1 is 1.04 bits per heavy atom. The number of nitrogens with one attached hydrogen (secondary N) is 2. The monoisotopic (exact) mass is 380 g/mol. The molecule has 1 aliphatic rings. The molecule has 148 valence electrons. The highest BCUT2D eigenvalue weighted by molar-refractivity contribution is 5.88. The molecule has 0 amide bonds. The summed E-state index contributed by atoms with van der Waals surface area (Å²) in [7, 11) is 1.77. The van der Waals surface area contributed by atoms with Gasteiger partial charge in [0.15, 0.2) is 0 Å². The molecule has 7 nitrogen and oxygen atoms in total. The van der Waals surface area contributed by atoms with Crippen LogP contribution in [0.15, 0.2) is 42.9 Å². The number of fused-ring (bicyclic) bond motifs is 1. The van der Waals surface area contributed by atoms with Crippen molar-refractivity contribution in [3.63, 3.8) is 0 Å². The molecular formula is C21H28N6O. The standard InChI is InChI=1S/C21H28N6O/c1-28-15-14-27-12-10-26(11-13-27)9-7-17-4-2-3-5-19(17)25-21-18-6-8-22-20(18)23-16-24-21/h2-6,8,16H,7,9-15H2,1H3,(H2,22,23,24,25). The number of aromatic nitrogens is 3. The molecule has 4 rings (SSSR count). The topological polar surface area (TPSA) is 69.3 Å². The Hall–Kier alpha value is -2.48. The lowest BCUT2D eigenvalue weighted by molar-refractivity contribution is 0.0976. The average Bonchev–Trinajstić information content (AvgIpc) is 3.22. The molecule has 0 bridgehead atoms.